The van der Waals surface area contributed by atoms with Crippen LogP contribution in [0, 0.1) is 5.92 Å². The van der Waals surface area contributed by atoms with E-state index >= 15 is 0 Å². The first-order chi connectivity index (χ1) is 29.6. The zero-order valence-electron chi connectivity index (χ0n) is 37.7. The molecular formula is C46H80O14P2. The number of aliphatic hydroxyl groups excluding tert-OH is 2. The van der Waals surface area contributed by atoms with Gasteiger partial charge in [0.15, 0.2) is 6.10 Å². The summed E-state index contributed by atoms with van der Waals surface area (Å²) in [5.74, 6) is -0.435. The minimum Gasteiger partial charge on any atom is -0.462 e. The van der Waals surface area contributed by atoms with E-state index in [0.717, 1.165) is 57.3 Å². The molecule has 0 rings (SSSR count). The van der Waals surface area contributed by atoms with Crippen LogP contribution in [0.2, 0.25) is 0 Å². The number of phosphoric ester groups is 2. The fourth-order valence-corrected chi connectivity index (χ4v) is 6.86. The number of carbonyl (C=O) groups excluding carboxylic acids is 2. The third kappa shape index (κ3) is 44.1. The maximum Gasteiger partial charge on any atom is 0.472 e. The maximum atomic E-state index is 12.7. The van der Waals surface area contributed by atoms with E-state index in [1.807, 2.05) is 12.2 Å². The molecule has 0 aliphatic rings. The van der Waals surface area contributed by atoms with Crippen LogP contribution < -0.4 is 0 Å². The van der Waals surface area contributed by atoms with Gasteiger partial charge in [-0.1, -0.05) is 171 Å². The highest BCUT2D eigenvalue weighted by molar-refractivity contribution is 7.47. The summed E-state index contributed by atoms with van der Waals surface area (Å²) in [4.78, 5) is 52.7. The first kappa shape index (κ1) is 59.5. The lowest BCUT2D eigenvalue weighted by molar-refractivity contribution is -0.161. The van der Waals surface area contributed by atoms with E-state index in [0.29, 0.717) is 19.3 Å². The molecule has 0 aromatic heterocycles. The number of phosphoric acid groups is 2. The molecule has 0 saturated heterocycles. The zero-order chi connectivity index (χ0) is 46.2. The van der Waals surface area contributed by atoms with Crippen LogP contribution in [0.25, 0.3) is 0 Å². The molecule has 0 saturated carbocycles. The lowest BCUT2D eigenvalue weighted by Gasteiger charge is -2.20. The molecule has 16 heteroatoms. The van der Waals surface area contributed by atoms with Crippen LogP contribution in [0.15, 0.2) is 72.9 Å². The Labute approximate surface area is 372 Å². The van der Waals surface area contributed by atoms with E-state index in [1.54, 1.807) is 24.3 Å². The molecule has 0 fully saturated rings. The van der Waals surface area contributed by atoms with E-state index in [-0.39, 0.29) is 12.8 Å². The summed E-state index contributed by atoms with van der Waals surface area (Å²) in [6.07, 6.45) is 39.3. The van der Waals surface area contributed by atoms with Crippen LogP contribution in [-0.2, 0) is 41.8 Å². The molecule has 0 heterocycles. The topological polar surface area (TPSA) is 216 Å². The van der Waals surface area contributed by atoms with Crippen molar-refractivity contribution in [2.75, 3.05) is 26.4 Å². The van der Waals surface area contributed by atoms with Gasteiger partial charge in [-0.25, -0.2) is 9.13 Å². The van der Waals surface area contributed by atoms with E-state index < -0.39 is 72.3 Å². The number of hydrogen-bond donors (Lipinski definition) is 5. The molecular weight excluding hydrogens is 838 g/mol. The third-order valence-corrected chi connectivity index (χ3v) is 10.6. The van der Waals surface area contributed by atoms with Gasteiger partial charge in [-0.2, -0.15) is 0 Å². The number of carbonyl (C=O) groups is 2. The number of unbranched alkanes of at least 4 members (excludes halogenated alkanes) is 11. The standard InChI is InChI=1S/C46H80O14P2/c1-4-5-6-7-8-9-10-11-15-18-21-24-28-33-42(47)34-29-26-31-35-45(49)56-39-44(40-59-62(54,55)58-38-43(48)37-57-61(51,52)53)60-46(50)36-30-25-22-19-16-13-12-14-17-20-23-27-32-41(2)3/h5-6,8-9,11,15,21,24,26,28-29,33,41-44,47-48H,4,7,10,12-14,16-20,22-23,25,27,30-32,34-40H2,1-3H3,(H,54,55)(H2,51,52,53)/b6-5-,9-8-,15-11-,24-21-,29-26-,33-28-/t42?,43-,44+/m0/s1. The summed E-state index contributed by atoms with van der Waals surface area (Å²) in [5.41, 5.74) is 0. The van der Waals surface area contributed by atoms with Gasteiger partial charge in [0, 0.05) is 12.8 Å². The first-order valence-electron chi connectivity index (χ1n) is 22.6. The van der Waals surface area contributed by atoms with Gasteiger partial charge in [-0.15, -0.1) is 0 Å². The highest BCUT2D eigenvalue weighted by atomic mass is 31.2. The monoisotopic (exact) mass is 919 g/mol. The number of aliphatic hydroxyl groups is 2. The molecule has 62 heavy (non-hydrogen) atoms. The summed E-state index contributed by atoms with van der Waals surface area (Å²) in [7, 11) is -9.73. The minimum atomic E-state index is -4.88. The smallest absolute Gasteiger partial charge is 0.462 e. The van der Waals surface area contributed by atoms with Gasteiger partial charge in [0.05, 0.1) is 25.9 Å². The zero-order valence-corrected chi connectivity index (χ0v) is 39.5. The van der Waals surface area contributed by atoms with Gasteiger partial charge in [-0.3, -0.25) is 23.2 Å². The molecule has 14 nitrogen and oxygen atoms in total. The van der Waals surface area contributed by atoms with Crippen molar-refractivity contribution in [3.05, 3.63) is 72.9 Å². The Morgan fingerprint density at radius 3 is 1.69 bits per heavy atom. The van der Waals surface area contributed by atoms with Gasteiger partial charge in [0.25, 0.3) is 0 Å². The van der Waals surface area contributed by atoms with Crippen LogP contribution in [0.3, 0.4) is 0 Å². The molecule has 0 aromatic rings. The SMILES string of the molecule is CC/C=C\C/C=C\C/C=C\C/C=C\C=C/C(O)C/C=C\CCC(=O)OC[C@H](COP(=O)(O)OC[C@@H](O)COP(=O)(O)O)OC(=O)CCCCCCCCCCCCCCC(C)C. The average Bonchev–Trinajstić information content (AvgIpc) is 3.21. The predicted molar refractivity (Wildman–Crippen MR) is 245 cm³/mol. The summed E-state index contributed by atoms with van der Waals surface area (Å²) in [5, 5.41) is 20.0. The molecule has 0 amide bonds. The molecule has 0 spiro atoms. The molecule has 0 aliphatic heterocycles. The molecule has 4 atom stereocenters. The van der Waals surface area contributed by atoms with Crippen molar-refractivity contribution < 1.29 is 66.7 Å². The van der Waals surface area contributed by atoms with Crippen LogP contribution in [0.4, 0.5) is 0 Å². The van der Waals surface area contributed by atoms with E-state index in [9.17, 15) is 33.8 Å². The molecule has 5 N–H and O–H groups in total. The summed E-state index contributed by atoms with van der Waals surface area (Å²) < 4.78 is 47.7. The number of allylic oxidation sites excluding steroid dienone is 10. The van der Waals surface area contributed by atoms with Crippen molar-refractivity contribution in [1.82, 2.24) is 0 Å². The lowest BCUT2D eigenvalue weighted by Crippen LogP contribution is -2.29. The Balaban J connectivity index is 4.70. The highest BCUT2D eigenvalue weighted by Gasteiger charge is 2.28. The maximum absolute atomic E-state index is 12.7. The van der Waals surface area contributed by atoms with Crippen molar-refractivity contribution in [1.29, 1.82) is 0 Å². The van der Waals surface area contributed by atoms with Crippen LogP contribution in [0.5, 0.6) is 0 Å². The van der Waals surface area contributed by atoms with Gasteiger partial charge < -0.3 is 34.4 Å². The second-order valence-corrected chi connectivity index (χ2v) is 18.3. The van der Waals surface area contributed by atoms with E-state index in [1.165, 1.54) is 51.4 Å². The third-order valence-electron chi connectivity index (χ3n) is 9.12. The van der Waals surface area contributed by atoms with Gasteiger partial charge >= 0.3 is 27.6 Å². The second-order valence-electron chi connectivity index (χ2n) is 15.6. The fraction of sp³-hybridized carbons (Fsp3) is 0.696. The lowest BCUT2D eigenvalue weighted by atomic mass is 10.0. The summed E-state index contributed by atoms with van der Waals surface area (Å²) >= 11 is 0. The average molecular weight is 919 g/mol. The molecule has 2 unspecified atom stereocenters. The normalized spacial score (nSPS) is 15.2. The molecule has 0 radical (unpaired) electrons. The number of rotatable bonds is 41. The number of hydrogen-bond acceptors (Lipinski definition) is 11. The summed E-state index contributed by atoms with van der Waals surface area (Å²) in [6.45, 7) is 3.75. The second kappa shape index (κ2) is 40.1. The molecule has 358 valence electrons. The largest absolute Gasteiger partial charge is 0.472 e. The van der Waals surface area contributed by atoms with Crippen molar-refractivity contribution in [3.63, 3.8) is 0 Å². The Kier molecular flexibility index (Phi) is 38.5. The summed E-state index contributed by atoms with van der Waals surface area (Å²) in [6, 6.07) is 0. The Hall–Kier alpha value is -2.48. The Morgan fingerprint density at radius 2 is 1.11 bits per heavy atom. The van der Waals surface area contributed by atoms with Crippen molar-refractivity contribution in [3.8, 4) is 0 Å². The van der Waals surface area contributed by atoms with Crippen molar-refractivity contribution in [2.45, 2.75) is 174 Å². The highest BCUT2D eigenvalue weighted by Crippen LogP contribution is 2.43. The van der Waals surface area contributed by atoms with Crippen LogP contribution in [0.1, 0.15) is 156 Å². The molecule has 0 aromatic carbocycles. The van der Waals surface area contributed by atoms with Crippen molar-refractivity contribution in [2.24, 2.45) is 5.92 Å². The minimum absolute atomic E-state index is 0.0134. The van der Waals surface area contributed by atoms with Gasteiger partial charge in [0.1, 0.15) is 12.7 Å². The Bertz CT molecular complexity index is 1400. The quantitative estimate of drug-likeness (QED) is 0.0127. The van der Waals surface area contributed by atoms with Gasteiger partial charge in [-0.05, 0) is 50.9 Å². The van der Waals surface area contributed by atoms with E-state index in [2.05, 4.69) is 66.3 Å². The van der Waals surface area contributed by atoms with E-state index in [4.69, 9.17) is 23.8 Å². The van der Waals surface area contributed by atoms with Crippen LogP contribution in [-0.4, -0.2) is 81.6 Å². The van der Waals surface area contributed by atoms with Crippen molar-refractivity contribution >= 4 is 27.6 Å². The Morgan fingerprint density at radius 1 is 0.581 bits per heavy atom. The molecule has 0 aliphatic carbocycles. The first-order valence-corrected chi connectivity index (χ1v) is 25.6. The van der Waals surface area contributed by atoms with Crippen LogP contribution >= 0.6 is 15.6 Å². The number of esters is 2. The van der Waals surface area contributed by atoms with Gasteiger partial charge in [0.2, 0.25) is 0 Å². The molecule has 0 bridgehead atoms. The fourth-order valence-electron chi connectivity index (χ4n) is 5.70. The predicted octanol–water partition coefficient (Wildman–Crippen LogP) is 10.6. The number of ether oxygens (including phenoxy) is 2.